The molecule has 1 aliphatic rings. The SMILES string of the molecule is CCOC(=O)c1c(NC(=O)CSc2nnc(-c3ccncc3)n2CC)sc2c1CCC2. The molecule has 8 nitrogen and oxygen atoms in total. The minimum absolute atomic E-state index is 0.166. The molecule has 0 unspecified atom stereocenters. The number of aromatic nitrogens is 4. The van der Waals surface area contributed by atoms with Crippen molar-refractivity contribution in [3.8, 4) is 11.4 Å². The van der Waals surface area contributed by atoms with Gasteiger partial charge in [-0.3, -0.25) is 9.78 Å². The molecule has 4 rings (SSSR count). The number of anilines is 1. The first-order valence-corrected chi connectivity index (χ1v) is 12.0. The maximum Gasteiger partial charge on any atom is 0.341 e. The molecule has 162 valence electrons. The number of aryl methyl sites for hydroxylation is 1. The van der Waals surface area contributed by atoms with E-state index in [0.717, 1.165) is 36.2 Å². The predicted molar refractivity (Wildman–Crippen MR) is 121 cm³/mol. The summed E-state index contributed by atoms with van der Waals surface area (Å²) in [6.07, 6.45) is 6.24. The van der Waals surface area contributed by atoms with Crippen molar-refractivity contribution >= 4 is 40.0 Å². The van der Waals surface area contributed by atoms with E-state index in [1.165, 1.54) is 28.0 Å². The first-order chi connectivity index (χ1) is 15.1. The normalized spacial score (nSPS) is 12.6. The Bertz CT molecular complexity index is 1090. The Hall–Kier alpha value is -2.72. The van der Waals surface area contributed by atoms with Crippen LogP contribution in [0.15, 0.2) is 29.7 Å². The fourth-order valence-electron chi connectivity index (χ4n) is 3.60. The van der Waals surface area contributed by atoms with E-state index in [4.69, 9.17) is 4.74 Å². The number of hydrogen-bond acceptors (Lipinski definition) is 8. The van der Waals surface area contributed by atoms with E-state index in [-0.39, 0.29) is 17.6 Å². The lowest BCUT2D eigenvalue weighted by atomic mass is 10.1. The number of ether oxygens (including phenoxy) is 1. The summed E-state index contributed by atoms with van der Waals surface area (Å²) in [5, 5.41) is 12.7. The van der Waals surface area contributed by atoms with Crippen LogP contribution >= 0.6 is 23.1 Å². The van der Waals surface area contributed by atoms with Crippen LogP contribution in [-0.2, 0) is 28.9 Å². The van der Waals surface area contributed by atoms with Crippen LogP contribution in [0, 0.1) is 0 Å². The number of hydrogen-bond donors (Lipinski definition) is 1. The lowest BCUT2D eigenvalue weighted by molar-refractivity contribution is -0.113. The monoisotopic (exact) mass is 457 g/mol. The number of nitrogens with one attached hydrogen (secondary N) is 1. The highest BCUT2D eigenvalue weighted by Crippen LogP contribution is 2.39. The first-order valence-electron chi connectivity index (χ1n) is 10.2. The van der Waals surface area contributed by atoms with E-state index in [1.807, 2.05) is 23.6 Å². The summed E-state index contributed by atoms with van der Waals surface area (Å²) in [5.41, 5.74) is 2.47. The van der Waals surface area contributed by atoms with Crippen LogP contribution in [0.5, 0.6) is 0 Å². The Morgan fingerprint density at radius 3 is 2.77 bits per heavy atom. The molecule has 1 N–H and O–H groups in total. The highest BCUT2D eigenvalue weighted by atomic mass is 32.2. The molecular formula is C21H23N5O3S2. The Kier molecular flexibility index (Phi) is 6.67. The van der Waals surface area contributed by atoms with E-state index < -0.39 is 0 Å². The number of esters is 1. The zero-order valence-electron chi connectivity index (χ0n) is 17.4. The minimum Gasteiger partial charge on any atom is -0.462 e. The number of fused-ring (bicyclic) bond motifs is 1. The van der Waals surface area contributed by atoms with Gasteiger partial charge in [0.25, 0.3) is 0 Å². The van der Waals surface area contributed by atoms with Crippen molar-refractivity contribution in [1.29, 1.82) is 0 Å². The third-order valence-corrected chi connectivity index (χ3v) is 7.13. The Balaban J connectivity index is 1.46. The van der Waals surface area contributed by atoms with Gasteiger partial charge in [0.1, 0.15) is 5.00 Å². The summed E-state index contributed by atoms with van der Waals surface area (Å²) < 4.78 is 7.19. The molecular weight excluding hydrogens is 434 g/mol. The lowest BCUT2D eigenvalue weighted by Crippen LogP contribution is -2.17. The van der Waals surface area contributed by atoms with Gasteiger partial charge in [-0.1, -0.05) is 11.8 Å². The molecule has 0 atom stereocenters. The quantitative estimate of drug-likeness (QED) is 0.405. The van der Waals surface area contributed by atoms with Crippen LogP contribution in [0.1, 0.15) is 41.1 Å². The number of carbonyl (C=O) groups excluding carboxylic acids is 2. The average Bonchev–Trinajstić information content (AvgIpc) is 3.47. The number of thiophene rings is 1. The number of thioether (sulfide) groups is 1. The second-order valence-corrected chi connectivity index (χ2v) is 8.95. The van der Waals surface area contributed by atoms with Crippen LogP contribution in [0.25, 0.3) is 11.4 Å². The van der Waals surface area contributed by atoms with Gasteiger partial charge in [0.2, 0.25) is 5.91 Å². The van der Waals surface area contributed by atoms with Crippen LogP contribution in [0.4, 0.5) is 5.00 Å². The standard InChI is InChI=1S/C21H23N5O3S2/c1-3-26-18(13-8-10-22-11-9-13)24-25-21(26)30-12-16(27)23-19-17(20(28)29-4-2)14-6-5-7-15(14)31-19/h8-11H,3-7,12H2,1-2H3,(H,23,27). The zero-order valence-corrected chi connectivity index (χ0v) is 19.0. The van der Waals surface area contributed by atoms with Gasteiger partial charge >= 0.3 is 5.97 Å². The number of carbonyl (C=O) groups is 2. The summed E-state index contributed by atoms with van der Waals surface area (Å²) in [7, 11) is 0. The van der Waals surface area contributed by atoms with Crippen LogP contribution in [-0.4, -0.2) is 44.0 Å². The van der Waals surface area contributed by atoms with E-state index in [0.29, 0.717) is 28.9 Å². The molecule has 0 aromatic carbocycles. The first kappa shape index (κ1) is 21.5. The molecule has 1 amide bonds. The second kappa shape index (κ2) is 9.61. The van der Waals surface area contributed by atoms with Gasteiger partial charge in [-0.2, -0.15) is 0 Å². The van der Waals surface area contributed by atoms with E-state index >= 15 is 0 Å². The Morgan fingerprint density at radius 2 is 2.03 bits per heavy atom. The molecule has 31 heavy (non-hydrogen) atoms. The van der Waals surface area contributed by atoms with Crippen LogP contribution in [0.2, 0.25) is 0 Å². The molecule has 10 heteroatoms. The molecule has 0 aliphatic heterocycles. The molecule has 3 heterocycles. The molecule has 0 bridgehead atoms. The topological polar surface area (TPSA) is 99.0 Å². The number of amides is 1. The van der Waals surface area contributed by atoms with E-state index in [9.17, 15) is 9.59 Å². The van der Waals surface area contributed by atoms with Crippen molar-refractivity contribution in [2.75, 3.05) is 17.7 Å². The Morgan fingerprint density at radius 1 is 1.23 bits per heavy atom. The molecule has 0 fully saturated rings. The van der Waals surface area contributed by atoms with Gasteiger partial charge in [0, 0.05) is 29.4 Å². The predicted octanol–water partition coefficient (Wildman–Crippen LogP) is 3.82. The maximum atomic E-state index is 12.7. The largest absolute Gasteiger partial charge is 0.462 e. The summed E-state index contributed by atoms with van der Waals surface area (Å²) in [6.45, 7) is 4.78. The zero-order chi connectivity index (χ0) is 21.8. The summed E-state index contributed by atoms with van der Waals surface area (Å²) in [4.78, 5) is 30.3. The van der Waals surface area contributed by atoms with Gasteiger partial charge < -0.3 is 14.6 Å². The molecule has 3 aromatic rings. The van der Waals surface area contributed by atoms with Gasteiger partial charge in [0.15, 0.2) is 11.0 Å². The third-order valence-electron chi connectivity index (χ3n) is 4.96. The average molecular weight is 458 g/mol. The van der Waals surface area contributed by atoms with Crippen molar-refractivity contribution in [2.24, 2.45) is 0 Å². The molecule has 0 saturated heterocycles. The summed E-state index contributed by atoms with van der Waals surface area (Å²) in [5.74, 6) is 0.357. The smallest absolute Gasteiger partial charge is 0.341 e. The molecule has 0 spiro atoms. The third kappa shape index (κ3) is 4.49. The van der Waals surface area contributed by atoms with Crippen molar-refractivity contribution in [3.63, 3.8) is 0 Å². The summed E-state index contributed by atoms with van der Waals surface area (Å²) in [6, 6.07) is 3.76. The van der Waals surface area contributed by atoms with Crippen LogP contribution < -0.4 is 5.32 Å². The van der Waals surface area contributed by atoms with Crippen molar-refractivity contribution in [3.05, 3.63) is 40.5 Å². The minimum atomic E-state index is -0.363. The fourth-order valence-corrected chi connectivity index (χ4v) is 5.70. The summed E-state index contributed by atoms with van der Waals surface area (Å²) >= 11 is 2.80. The highest BCUT2D eigenvalue weighted by molar-refractivity contribution is 7.99. The molecule has 0 saturated carbocycles. The molecule has 1 aliphatic carbocycles. The van der Waals surface area contributed by atoms with Crippen molar-refractivity contribution < 1.29 is 14.3 Å². The Labute approximate surface area is 188 Å². The lowest BCUT2D eigenvalue weighted by Gasteiger charge is -2.09. The molecule has 0 radical (unpaired) electrons. The number of rotatable bonds is 8. The maximum absolute atomic E-state index is 12.7. The highest BCUT2D eigenvalue weighted by Gasteiger charge is 2.28. The van der Waals surface area contributed by atoms with Gasteiger partial charge in [-0.25, -0.2) is 4.79 Å². The second-order valence-electron chi connectivity index (χ2n) is 6.91. The van der Waals surface area contributed by atoms with Crippen LogP contribution in [0.3, 0.4) is 0 Å². The van der Waals surface area contributed by atoms with E-state index in [2.05, 4.69) is 20.5 Å². The molecule has 3 aromatic heterocycles. The van der Waals surface area contributed by atoms with Gasteiger partial charge in [-0.05, 0) is 50.8 Å². The number of nitrogens with zero attached hydrogens (tertiary/aromatic N) is 4. The van der Waals surface area contributed by atoms with Gasteiger partial charge in [0.05, 0.1) is 17.9 Å². The van der Waals surface area contributed by atoms with Crippen molar-refractivity contribution in [2.45, 2.75) is 44.8 Å². The number of pyridine rings is 1. The van der Waals surface area contributed by atoms with Crippen molar-refractivity contribution in [1.82, 2.24) is 19.7 Å². The van der Waals surface area contributed by atoms with Gasteiger partial charge in [-0.15, -0.1) is 21.5 Å². The van der Waals surface area contributed by atoms with E-state index in [1.54, 1.807) is 19.3 Å². The fraction of sp³-hybridized carbons (Fsp3) is 0.381.